The van der Waals surface area contributed by atoms with Crippen molar-refractivity contribution in [1.82, 2.24) is 14.7 Å². The Balaban J connectivity index is 1.76. The Hall–Kier alpha value is -2.16. The fourth-order valence-corrected chi connectivity index (χ4v) is 3.92. The lowest BCUT2D eigenvalue weighted by Crippen LogP contribution is -2.27. The maximum Gasteiger partial charge on any atom is 0.241 e. The third-order valence-electron chi connectivity index (χ3n) is 3.86. The number of imidazole rings is 1. The molecule has 0 fully saturated rings. The van der Waals surface area contributed by atoms with Gasteiger partial charge in [0.05, 0.1) is 29.9 Å². The van der Waals surface area contributed by atoms with Gasteiger partial charge in [-0.05, 0) is 48.9 Å². The van der Waals surface area contributed by atoms with E-state index in [0.29, 0.717) is 11.6 Å². The minimum Gasteiger partial charge on any atom is -0.497 e. The first-order valence-corrected chi connectivity index (χ1v) is 10.1. The number of aromatic nitrogens is 2. The molecule has 3 rings (SSSR count). The standard InChI is InChI=1S/C18H18BrN3O3S/c1-12(22-26(23,24)16-9-7-15(25-2)8-10-16)18-20-11-17(21-18)13-3-5-14(19)6-4-13/h3-12,22H,1-2H3,(H,20,21)/t12-/m1/s1. The third-order valence-corrected chi connectivity index (χ3v) is 5.95. The van der Waals surface area contributed by atoms with Gasteiger partial charge >= 0.3 is 0 Å². The first kappa shape index (κ1) is 18.6. The number of benzene rings is 2. The molecule has 3 aromatic rings. The zero-order valence-corrected chi connectivity index (χ0v) is 16.6. The van der Waals surface area contributed by atoms with Crippen LogP contribution in [0.25, 0.3) is 11.3 Å². The molecule has 8 heteroatoms. The number of sulfonamides is 1. The molecule has 6 nitrogen and oxygen atoms in total. The molecule has 0 spiro atoms. The number of nitrogens with zero attached hydrogens (tertiary/aromatic N) is 1. The van der Waals surface area contributed by atoms with E-state index < -0.39 is 16.1 Å². The molecule has 0 unspecified atom stereocenters. The first-order chi connectivity index (χ1) is 12.4. The maximum absolute atomic E-state index is 12.5. The van der Waals surface area contributed by atoms with Crippen LogP contribution in [0.4, 0.5) is 0 Å². The van der Waals surface area contributed by atoms with Gasteiger partial charge in [0.2, 0.25) is 10.0 Å². The van der Waals surface area contributed by atoms with Crippen molar-refractivity contribution in [3.8, 4) is 17.0 Å². The Morgan fingerprint density at radius 3 is 2.38 bits per heavy atom. The Kier molecular flexibility index (Phi) is 5.45. The van der Waals surface area contributed by atoms with Crippen LogP contribution in [0.1, 0.15) is 18.8 Å². The van der Waals surface area contributed by atoms with Gasteiger partial charge in [0, 0.05) is 4.47 Å². The molecular formula is C18H18BrN3O3S. The van der Waals surface area contributed by atoms with Crippen molar-refractivity contribution in [1.29, 1.82) is 0 Å². The molecule has 1 aromatic heterocycles. The summed E-state index contributed by atoms with van der Waals surface area (Å²) in [5.74, 6) is 1.14. The van der Waals surface area contributed by atoms with Gasteiger partial charge in [0.15, 0.2) is 0 Å². The van der Waals surface area contributed by atoms with Gasteiger partial charge in [-0.3, -0.25) is 0 Å². The summed E-state index contributed by atoms with van der Waals surface area (Å²) in [6.07, 6.45) is 1.69. The fraction of sp³-hybridized carbons (Fsp3) is 0.167. The number of hydrogen-bond acceptors (Lipinski definition) is 4. The number of methoxy groups -OCH3 is 1. The van der Waals surface area contributed by atoms with Crippen LogP contribution >= 0.6 is 15.9 Å². The second-order valence-corrected chi connectivity index (χ2v) is 8.34. The van der Waals surface area contributed by atoms with Crippen LogP contribution in [0.2, 0.25) is 0 Å². The van der Waals surface area contributed by atoms with Crippen molar-refractivity contribution in [3.05, 3.63) is 65.0 Å². The highest BCUT2D eigenvalue weighted by atomic mass is 79.9. The molecule has 0 bridgehead atoms. The van der Waals surface area contributed by atoms with Crippen molar-refractivity contribution >= 4 is 26.0 Å². The van der Waals surface area contributed by atoms with Gasteiger partial charge in [0.25, 0.3) is 0 Å². The summed E-state index contributed by atoms with van der Waals surface area (Å²) >= 11 is 3.40. The molecule has 136 valence electrons. The van der Waals surface area contributed by atoms with E-state index in [2.05, 4.69) is 30.6 Å². The zero-order valence-electron chi connectivity index (χ0n) is 14.2. The average Bonchev–Trinajstić information content (AvgIpc) is 3.12. The minimum atomic E-state index is -3.67. The summed E-state index contributed by atoms with van der Waals surface area (Å²) < 4.78 is 33.7. The molecule has 2 N–H and O–H groups in total. The lowest BCUT2D eigenvalue weighted by atomic mass is 10.2. The monoisotopic (exact) mass is 435 g/mol. The van der Waals surface area contributed by atoms with Gasteiger partial charge < -0.3 is 9.72 Å². The van der Waals surface area contributed by atoms with Crippen molar-refractivity contribution in [3.63, 3.8) is 0 Å². The number of halogens is 1. The van der Waals surface area contributed by atoms with Crippen LogP contribution in [0.15, 0.2) is 64.1 Å². The number of aromatic amines is 1. The lowest BCUT2D eigenvalue weighted by molar-refractivity contribution is 0.414. The SMILES string of the molecule is COc1ccc(S(=O)(=O)N[C@H](C)c2ncc(-c3ccc(Br)cc3)[nH]2)cc1. The van der Waals surface area contributed by atoms with Crippen LogP contribution in [-0.2, 0) is 10.0 Å². The molecule has 26 heavy (non-hydrogen) atoms. The molecule has 0 amide bonds. The number of ether oxygens (including phenoxy) is 1. The van der Waals surface area contributed by atoms with Crippen molar-refractivity contribution < 1.29 is 13.2 Å². The van der Waals surface area contributed by atoms with E-state index in [1.54, 1.807) is 25.3 Å². The number of hydrogen-bond donors (Lipinski definition) is 2. The number of H-pyrrole nitrogens is 1. The summed E-state index contributed by atoms with van der Waals surface area (Å²) in [4.78, 5) is 7.64. The van der Waals surface area contributed by atoms with E-state index in [4.69, 9.17) is 4.74 Å². The van der Waals surface area contributed by atoms with Gasteiger partial charge in [-0.15, -0.1) is 0 Å². The smallest absolute Gasteiger partial charge is 0.241 e. The zero-order chi connectivity index (χ0) is 18.7. The van der Waals surface area contributed by atoms with E-state index in [-0.39, 0.29) is 4.90 Å². The Bertz CT molecular complexity index is 983. The van der Waals surface area contributed by atoms with E-state index in [0.717, 1.165) is 15.7 Å². The van der Waals surface area contributed by atoms with Crippen LogP contribution in [-0.4, -0.2) is 25.5 Å². The first-order valence-electron chi connectivity index (χ1n) is 7.86. The maximum atomic E-state index is 12.5. The van der Waals surface area contributed by atoms with Crippen molar-refractivity contribution in [2.24, 2.45) is 0 Å². The highest BCUT2D eigenvalue weighted by Crippen LogP contribution is 2.23. The highest BCUT2D eigenvalue weighted by Gasteiger charge is 2.20. The highest BCUT2D eigenvalue weighted by molar-refractivity contribution is 9.10. The second-order valence-electron chi connectivity index (χ2n) is 5.71. The Labute approximate surface area is 160 Å². The summed E-state index contributed by atoms with van der Waals surface area (Å²) in [7, 11) is -2.13. The normalized spacial score (nSPS) is 12.7. The molecule has 1 atom stereocenters. The third kappa shape index (κ3) is 4.14. The average molecular weight is 436 g/mol. The van der Waals surface area contributed by atoms with Crippen LogP contribution < -0.4 is 9.46 Å². The van der Waals surface area contributed by atoms with Crippen molar-refractivity contribution in [2.75, 3.05) is 7.11 Å². The molecule has 0 aliphatic carbocycles. The largest absolute Gasteiger partial charge is 0.497 e. The molecule has 0 radical (unpaired) electrons. The minimum absolute atomic E-state index is 0.171. The quantitative estimate of drug-likeness (QED) is 0.614. The van der Waals surface area contributed by atoms with Crippen LogP contribution in [0.5, 0.6) is 5.75 Å². The molecule has 0 saturated carbocycles. The molecule has 1 heterocycles. The Morgan fingerprint density at radius 1 is 1.12 bits per heavy atom. The van der Waals surface area contributed by atoms with E-state index in [1.807, 2.05) is 24.3 Å². The van der Waals surface area contributed by atoms with Gasteiger partial charge in [0.1, 0.15) is 11.6 Å². The molecule has 0 aliphatic heterocycles. The molecule has 0 saturated heterocycles. The number of nitrogens with one attached hydrogen (secondary N) is 2. The summed E-state index contributed by atoms with van der Waals surface area (Å²) in [5, 5.41) is 0. The predicted molar refractivity (Wildman–Crippen MR) is 103 cm³/mol. The van der Waals surface area contributed by atoms with Crippen LogP contribution in [0.3, 0.4) is 0 Å². The van der Waals surface area contributed by atoms with Crippen LogP contribution in [0, 0.1) is 0 Å². The topological polar surface area (TPSA) is 84.1 Å². The lowest BCUT2D eigenvalue weighted by Gasteiger charge is -2.12. The summed E-state index contributed by atoms with van der Waals surface area (Å²) in [5.41, 5.74) is 1.79. The molecule has 2 aromatic carbocycles. The molecular weight excluding hydrogens is 418 g/mol. The predicted octanol–water partition coefficient (Wildman–Crippen LogP) is 3.89. The fourth-order valence-electron chi connectivity index (χ4n) is 2.44. The van der Waals surface area contributed by atoms with E-state index in [9.17, 15) is 8.42 Å². The molecule has 0 aliphatic rings. The van der Waals surface area contributed by atoms with Gasteiger partial charge in [-0.2, -0.15) is 0 Å². The second kappa shape index (κ2) is 7.61. The summed E-state index contributed by atoms with van der Waals surface area (Å²) in [6, 6.07) is 13.5. The van der Waals surface area contributed by atoms with E-state index >= 15 is 0 Å². The summed E-state index contributed by atoms with van der Waals surface area (Å²) in [6.45, 7) is 1.74. The van der Waals surface area contributed by atoms with Gasteiger partial charge in [-0.1, -0.05) is 28.1 Å². The van der Waals surface area contributed by atoms with E-state index in [1.165, 1.54) is 19.2 Å². The van der Waals surface area contributed by atoms with Crippen molar-refractivity contribution in [2.45, 2.75) is 17.9 Å². The Morgan fingerprint density at radius 2 is 1.77 bits per heavy atom. The van der Waals surface area contributed by atoms with Gasteiger partial charge in [-0.25, -0.2) is 18.1 Å². The number of rotatable bonds is 6.